The summed E-state index contributed by atoms with van der Waals surface area (Å²) in [7, 11) is -1.71. The van der Waals surface area contributed by atoms with Gasteiger partial charge in [-0.1, -0.05) is 36.4 Å². The van der Waals surface area contributed by atoms with Crippen LogP contribution in [-0.4, -0.2) is 69.9 Å². The number of para-hydroxylation sites is 2. The first-order chi connectivity index (χ1) is 15.9. The first-order valence-corrected chi connectivity index (χ1v) is 13.2. The van der Waals surface area contributed by atoms with Gasteiger partial charge in [0.1, 0.15) is 5.75 Å². The van der Waals surface area contributed by atoms with Crippen LogP contribution in [0.5, 0.6) is 5.75 Å². The molecule has 0 unspecified atom stereocenters. The molecular formula is C25H33N3O4S. The van der Waals surface area contributed by atoms with E-state index >= 15 is 0 Å². The molecule has 0 radical (unpaired) electrons. The van der Waals surface area contributed by atoms with Gasteiger partial charge in [-0.3, -0.25) is 4.79 Å². The number of hydrogen-bond acceptors (Lipinski definition) is 5. The molecule has 2 fully saturated rings. The zero-order valence-electron chi connectivity index (χ0n) is 19.4. The molecule has 0 atom stereocenters. The fraction of sp³-hybridized carbons (Fsp3) is 0.480. The molecule has 2 aliphatic heterocycles. The topological polar surface area (TPSA) is 70.2 Å². The highest BCUT2D eigenvalue weighted by Gasteiger charge is 2.34. The van der Waals surface area contributed by atoms with E-state index in [0.717, 1.165) is 35.7 Å². The lowest BCUT2D eigenvalue weighted by atomic mass is 9.96. The van der Waals surface area contributed by atoms with Crippen LogP contribution in [0, 0.1) is 12.8 Å². The molecule has 2 heterocycles. The van der Waals surface area contributed by atoms with Crippen LogP contribution in [0.3, 0.4) is 0 Å². The number of sulfonamides is 1. The van der Waals surface area contributed by atoms with Crippen LogP contribution in [0.15, 0.2) is 48.5 Å². The molecule has 33 heavy (non-hydrogen) atoms. The van der Waals surface area contributed by atoms with Crippen molar-refractivity contribution in [2.24, 2.45) is 5.92 Å². The summed E-state index contributed by atoms with van der Waals surface area (Å²) in [6.07, 6.45) is 1.16. The minimum Gasteiger partial charge on any atom is -0.495 e. The monoisotopic (exact) mass is 471 g/mol. The van der Waals surface area contributed by atoms with Gasteiger partial charge in [0.05, 0.1) is 18.6 Å². The van der Waals surface area contributed by atoms with E-state index in [1.54, 1.807) is 11.4 Å². The molecule has 0 aromatic heterocycles. The number of ether oxygens (including phenoxy) is 1. The zero-order valence-corrected chi connectivity index (χ0v) is 20.3. The molecular weight excluding hydrogens is 438 g/mol. The minimum absolute atomic E-state index is 0.0171. The van der Waals surface area contributed by atoms with Crippen molar-refractivity contribution in [3.05, 3.63) is 59.7 Å². The third kappa shape index (κ3) is 5.33. The van der Waals surface area contributed by atoms with Crippen molar-refractivity contribution >= 4 is 21.6 Å². The lowest BCUT2D eigenvalue weighted by Crippen LogP contribution is -2.52. The van der Waals surface area contributed by atoms with E-state index in [1.165, 1.54) is 0 Å². The van der Waals surface area contributed by atoms with Crippen LogP contribution in [0.2, 0.25) is 0 Å². The number of anilines is 1. The van der Waals surface area contributed by atoms with Crippen molar-refractivity contribution in [3.8, 4) is 5.75 Å². The van der Waals surface area contributed by atoms with Gasteiger partial charge in [-0.25, -0.2) is 12.7 Å². The van der Waals surface area contributed by atoms with Crippen molar-refractivity contribution in [2.75, 3.05) is 51.3 Å². The van der Waals surface area contributed by atoms with Crippen LogP contribution in [0.4, 0.5) is 5.69 Å². The molecule has 7 nitrogen and oxygen atoms in total. The van der Waals surface area contributed by atoms with Crippen molar-refractivity contribution < 1.29 is 17.9 Å². The van der Waals surface area contributed by atoms with E-state index < -0.39 is 10.0 Å². The highest BCUT2D eigenvalue weighted by Crippen LogP contribution is 2.29. The molecule has 2 aromatic rings. The number of piperidine rings is 1. The summed E-state index contributed by atoms with van der Waals surface area (Å²) >= 11 is 0. The van der Waals surface area contributed by atoms with E-state index in [-0.39, 0.29) is 17.6 Å². The molecule has 0 aliphatic carbocycles. The fourth-order valence-corrected chi connectivity index (χ4v) is 6.42. The number of nitrogens with zero attached hydrogens (tertiary/aromatic N) is 3. The molecule has 1 amide bonds. The van der Waals surface area contributed by atoms with E-state index in [4.69, 9.17) is 4.74 Å². The number of carbonyl (C=O) groups excluding carboxylic acids is 1. The predicted molar refractivity (Wildman–Crippen MR) is 130 cm³/mol. The largest absolute Gasteiger partial charge is 0.495 e. The number of hydrogen-bond donors (Lipinski definition) is 0. The maximum atomic E-state index is 13.1. The lowest BCUT2D eigenvalue weighted by Gasteiger charge is -2.39. The van der Waals surface area contributed by atoms with Crippen molar-refractivity contribution in [3.63, 3.8) is 0 Å². The Morgan fingerprint density at radius 3 is 2.24 bits per heavy atom. The Labute approximate surface area is 197 Å². The second kappa shape index (κ2) is 10.1. The normalized spacial score (nSPS) is 18.4. The number of amides is 1. The van der Waals surface area contributed by atoms with Gasteiger partial charge < -0.3 is 14.5 Å². The summed E-state index contributed by atoms with van der Waals surface area (Å²) in [6, 6.07) is 15.5. The Kier molecular flexibility index (Phi) is 7.24. The Morgan fingerprint density at radius 2 is 1.58 bits per heavy atom. The lowest BCUT2D eigenvalue weighted by molar-refractivity contribution is -0.137. The first kappa shape index (κ1) is 23.6. The van der Waals surface area contributed by atoms with E-state index in [0.29, 0.717) is 39.0 Å². The molecule has 2 aliphatic rings. The minimum atomic E-state index is -3.39. The van der Waals surface area contributed by atoms with Gasteiger partial charge in [0.25, 0.3) is 0 Å². The highest BCUT2D eigenvalue weighted by atomic mass is 32.2. The first-order valence-electron chi connectivity index (χ1n) is 11.6. The maximum Gasteiger partial charge on any atom is 0.225 e. The van der Waals surface area contributed by atoms with Crippen molar-refractivity contribution in [1.82, 2.24) is 9.21 Å². The molecule has 2 aromatic carbocycles. The smallest absolute Gasteiger partial charge is 0.225 e. The number of methoxy groups -OCH3 is 1. The van der Waals surface area contributed by atoms with Gasteiger partial charge in [-0.15, -0.1) is 0 Å². The number of piperazine rings is 1. The van der Waals surface area contributed by atoms with Gasteiger partial charge in [0, 0.05) is 45.2 Å². The van der Waals surface area contributed by atoms with Gasteiger partial charge in [-0.2, -0.15) is 0 Å². The van der Waals surface area contributed by atoms with Gasteiger partial charge in [-0.05, 0) is 43.0 Å². The van der Waals surface area contributed by atoms with Crippen LogP contribution in [0.25, 0.3) is 0 Å². The summed E-state index contributed by atoms with van der Waals surface area (Å²) in [5.41, 5.74) is 2.88. The van der Waals surface area contributed by atoms with E-state index in [9.17, 15) is 13.2 Å². The van der Waals surface area contributed by atoms with Crippen molar-refractivity contribution in [1.29, 1.82) is 0 Å². The van der Waals surface area contributed by atoms with Gasteiger partial charge in [0.2, 0.25) is 15.9 Å². The summed E-state index contributed by atoms with van der Waals surface area (Å²) in [4.78, 5) is 17.3. The summed E-state index contributed by atoms with van der Waals surface area (Å²) in [6.45, 7) is 5.61. The Hall–Kier alpha value is -2.58. The quantitative estimate of drug-likeness (QED) is 0.648. The number of carbonyl (C=O) groups is 1. The van der Waals surface area contributed by atoms with Crippen LogP contribution < -0.4 is 9.64 Å². The third-order valence-corrected chi connectivity index (χ3v) is 8.64. The average molecular weight is 472 g/mol. The number of aryl methyl sites for hydroxylation is 1. The Balaban J connectivity index is 1.30. The third-order valence-electron chi connectivity index (χ3n) is 6.81. The maximum absolute atomic E-state index is 13.1. The second-order valence-electron chi connectivity index (χ2n) is 8.84. The van der Waals surface area contributed by atoms with Gasteiger partial charge in [0.15, 0.2) is 0 Å². The molecule has 0 N–H and O–H groups in total. The van der Waals surface area contributed by atoms with E-state index in [1.807, 2.05) is 60.4 Å². The second-order valence-corrected chi connectivity index (χ2v) is 10.8. The van der Waals surface area contributed by atoms with Crippen molar-refractivity contribution in [2.45, 2.75) is 25.5 Å². The summed E-state index contributed by atoms with van der Waals surface area (Å²) in [5.74, 6) is 0.915. The summed E-state index contributed by atoms with van der Waals surface area (Å²) < 4.78 is 32.9. The molecule has 2 saturated heterocycles. The fourth-order valence-electron chi connectivity index (χ4n) is 4.76. The van der Waals surface area contributed by atoms with Crippen LogP contribution >= 0.6 is 0 Å². The molecule has 0 saturated carbocycles. The predicted octanol–water partition coefficient (Wildman–Crippen LogP) is 2.89. The molecule has 4 rings (SSSR count). The average Bonchev–Trinajstić information content (AvgIpc) is 2.85. The highest BCUT2D eigenvalue weighted by molar-refractivity contribution is 7.88. The Morgan fingerprint density at radius 1 is 0.939 bits per heavy atom. The molecule has 8 heteroatoms. The van der Waals surface area contributed by atoms with E-state index in [2.05, 4.69) is 4.90 Å². The summed E-state index contributed by atoms with van der Waals surface area (Å²) in [5, 5.41) is 0. The van der Waals surface area contributed by atoms with Crippen LogP contribution in [-0.2, 0) is 20.6 Å². The zero-order chi connectivity index (χ0) is 23.4. The molecule has 178 valence electrons. The molecule has 0 spiro atoms. The standard InChI is InChI=1S/C25H33N3O4S/c1-20-7-3-4-8-22(20)19-33(30,31)28-13-11-21(12-14-28)25(29)27-17-15-26(16-18-27)23-9-5-6-10-24(23)32-2/h3-10,21H,11-19H2,1-2H3. The van der Waals surface area contributed by atoms with Crippen LogP contribution in [0.1, 0.15) is 24.0 Å². The molecule has 0 bridgehead atoms. The number of benzene rings is 2. The SMILES string of the molecule is COc1ccccc1N1CCN(C(=O)C2CCN(S(=O)(=O)Cc3ccccc3C)CC2)CC1. The Bertz CT molecular complexity index is 1070. The number of rotatable bonds is 6. The van der Waals surface area contributed by atoms with Gasteiger partial charge >= 0.3 is 0 Å².